The van der Waals surface area contributed by atoms with Gasteiger partial charge in [-0.2, -0.15) is 11.8 Å². The van der Waals surface area contributed by atoms with Crippen molar-refractivity contribution in [3.8, 4) is 0 Å². The van der Waals surface area contributed by atoms with Crippen molar-refractivity contribution >= 4 is 17.7 Å². The molecule has 2 rings (SSSR count). The van der Waals surface area contributed by atoms with Gasteiger partial charge in [0.05, 0.1) is 11.9 Å². The first-order valence-electron chi connectivity index (χ1n) is 6.79. The Labute approximate surface area is 108 Å². The normalized spacial score (nSPS) is 31.9. The number of aliphatic hydroxyl groups is 1. The van der Waals surface area contributed by atoms with Gasteiger partial charge in [0.2, 0.25) is 5.91 Å². The number of carbonyl (C=O) groups excluding carboxylic acids is 1. The second kappa shape index (κ2) is 6.10. The highest BCUT2D eigenvalue weighted by Gasteiger charge is 2.42. The first-order valence-corrected chi connectivity index (χ1v) is 7.94. The largest absolute Gasteiger partial charge is 0.393 e. The standard InChI is InChI=1S/C13H23NO2S/c1-2-3-6-17-9-13(16)14-10-4-5-11(14)8-12(15)7-10/h10-12,15H,2-9H2,1H3. The van der Waals surface area contributed by atoms with E-state index in [0.717, 1.165) is 31.4 Å². The smallest absolute Gasteiger partial charge is 0.233 e. The molecular formula is C13H23NO2S. The third-order valence-electron chi connectivity index (χ3n) is 3.86. The summed E-state index contributed by atoms with van der Waals surface area (Å²) in [6.45, 7) is 2.18. The number of aliphatic hydroxyl groups excluding tert-OH is 1. The Bertz CT molecular complexity index is 258. The van der Waals surface area contributed by atoms with Gasteiger partial charge in [-0.1, -0.05) is 13.3 Å². The van der Waals surface area contributed by atoms with Gasteiger partial charge in [-0.05, 0) is 37.9 Å². The summed E-state index contributed by atoms with van der Waals surface area (Å²) < 4.78 is 0. The van der Waals surface area contributed by atoms with Crippen LogP contribution in [0.5, 0.6) is 0 Å². The molecule has 2 aliphatic rings. The van der Waals surface area contributed by atoms with Gasteiger partial charge in [-0.25, -0.2) is 0 Å². The van der Waals surface area contributed by atoms with E-state index in [2.05, 4.69) is 11.8 Å². The number of rotatable bonds is 5. The lowest BCUT2D eigenvalue weighted by Crippen LogP contribution is -2.48. The molecule has 1 N–H and O–H groups in total. The molecule has 2 bridgehead atoms. The lowest BCUT2D eigenvalue weighted by atomic mass is 10.00. The molecule has 0 saturated carbocycles. The highest BCUT2D eigenvalue weighted by atomic mass is 32.2. The quantitative estimate of drug-likeness (QED) is 0.766. The van der Waals surface area contributed by atoms with E-state index in [9.17, 15) is 9.90 Å². The van der Waals surface area contributed by atoms with Crippen LogP contribution in [0.25, 0.3) is 0 Å². The van der Waals surface area contributed by atoms with E-state index in [1.165, 1.54) is 12.8 Å². The number of carbonyl (C=O) groups is 1. The van der Waals surface area contributed by atoms with Crippen molar-refractivity contribution in [3.05, 3.63) is 0 Å². The van der Waals surface area contributed by atoms with Crippen molar-refractivity contribution in [2.24, 2.45) is 0 Å². The molecule has 2 heterocycles. The van der Waals surface area contributed by atoms with Gasteiger partial charge < -0.3 is 10.0 Å². The van der Waals surface area contributed by atoms with Crippen LogP contribution in [0, 0.1) is 0 Å². The Kier molecular flexibility index (Phi) is 4.74. The first-order chi connectivity index (χ1) is 8.22. The van der Waals surface area contributed by atoms with Crippen molar-refractivity contribution in [2.75, 3.05) is 11.5 Å². The van der Waals surface area contributed by atoms with Crippen LogP contribution in [0.4, 0.5) is 0 Å². The van der Waals surface area contributed by atoms with Gasteiger partial charge in [0.1, 0.15) is 0 Å². The van der Waals surface area contributed by atoms with E-state index < -0.39 is 0 Å². The average Bonchev–Trinajstić information content (AvgIpc) is 2.57. The minimum atomic E-state index is -0.177. The zero-order chi connectivity index (χ0) is 12.3. The predicted octanol–water partition coefficient (Wildman–Crippen LogP) is 2.03. The van der Waals surface area contributed by atoms with Gasteiger partial charge >= 0.3 is 0 Å². The molecular weight excluding hydrogens is 234 g/mol. The molecule has 0 aromatic heterocycles. The summed E-state index contributed by atoms with van der Waals surface area (Å²) in [5.74, 6) is 2.02. The zero-order valence-corrected chi connectivity index (χ0v) is 11.4. The van der Waals surface area contributed by atoms with E-state index in [4.69, 9.17) is 0 Å². The van der Waals surface area contributed by atoms with E-state index in [-0.39, 0.29) is 6.10 Å². The molecule has 0 aromatic carbocycles. The van der Waals surface area contributed by atoms with Gasteiger partial charge in [0.25, 0.3) is 0 Å². The second-order valence-electron chi connectivity index (χ2n) is 5.22. The van der Waals surface area contributed by atoms with Crippen LogP contribution >= 0.6 is 11.8 Å². The van der Waals surface area contributed by atoms with Crippen LogP contribution in [0.15, 0.2) is 0 Å². The third-order valence-corrected chi connectivity index (χ3v) is 4.89. The van der Waals surface area contributed by atoms with Gasteiger partial charge in [-0.15, -0.1) is 0 Å². The molecule has 1 amide bonds. The fraction of sp³-hybridized carbons (Fsp3) is 0.923. The maximum Gasteiger partial charge on any atom is 0.233 e. The molecule has 98 valence electrons. The summed E-state index contributed by atoms with van der Waals surface area (Å²) in [7, 11) is 0. The van der Waals surface area contributed by atoms with E-state index in [1.807, 2.05) is 0 Å². The number of hydrogen-bond acceptors (Lipinski definition) is 3. The highest BCUT2D eigenvalue weighted by Crippen LogP contribution is 2.36. The van der Waals surface area contributed by atoms with Crippen LogP contribution in [0.3, 0.4) is 0 Å². The van der Waals surface area contributed by atoms with Crippen LogP contribution in [0.1, 0.15) is 45.4 Å². The summed E-state index contributed by atoms with van der Waals surface area (Å²) in [4.78, 5) is 14.2. The highest BCUT2D eigenvalue weighted by molar-refractivity contribution is 7.99. The van der Waals surface area contributed by atoms with E-state index in [1.54, 1.807) is 11.8 Å². The minimum absolute atomic E-state index is 0.177. The summed E-state index contributed by atoms with van der Waals surface area (Å²) in [5.41, 5.74) is 0. The van der Waals surface area contributed by atoms with Crippen LogP contribution in [0.2, 0.25) is 0 Å². The fourth-order valence-corrected chi connectivity index (χ4v) is 4.00. The summed E-state index contributed by atoms with van der Waals surface area (Å²) >= 11 is 1.76. The predicted molar refractivity (Wildman–Crippen MR) is 71.1 cm³/mol. The average molecular weight is 257 g/mol. The van der Waals surface area contributed by atoms with Crippen molar-refractivity contribution in [3.63, 3.8) is 0 Å². The van der Waals surface area contributed by atoms with Crippen molar-refractivity contribution < 1.29 is 9.90 Å². The zero-order valence-electron chi connectivity index (χ0n) is 10.6. The topological polar surface area (TPSA) is 40.5 Å². The SMILES string of the molecule is CCCCSCC(=O)N1C2CCC1CC(O)C2. The van der Waals surface area contributed by atoms with Gasteiger partial charge in [0.15, 0.2) is 0 Å². The minimum Gasteiger partial charge on any atom is -0.393 e. The molecule has 2 atom stereocenters. The molecule has 2 fully saturated rings. The molecule has 2 aliphatic heterocycles. The third kappa shape index (κ3) is 3.16. The lowest BCUT2D eigenvalue weighted by molar-refractivity contribution is -0.134. The van der Waals surface area contributed by atoms with Crippen LogP contribution in [-0.4, -0.2) is 45.6 Å². The summed E-state index contributed by atoms with van der Waals surface area (Å²) in [6.07, 6.45) is 5.99. The van der Waals surface area contributed by atoms with Crippen LogP contribution in [-0.2, 0) is 4.79 Å². The molecule has 0 aliphatic carbocycles. The van der Waals surface area contributed by atoms with Crippen molar-refractivity contribution in [1.82, 2.24) is 4.90 Å². The van der Waals surface area contributed by atoms with Crippen molar-refractivity contribution in [1.29, 1.82) is 0 Å². The number of fused-ring (bicyclic) bond motifs is 2. The van der Waals surface area contributed by atoms with Crippen molar-refractivity contribution in [2.45, 2.75) is 63.6 Å². The Morgan fingerprint density at radius 1 is 1.35 bits per heavy atom. The molecule has 2 unspecified atom stereocenters. The maximum absolute atomic E-state index is 12.2. The number of unbranched alkanes of at least 4 members (excludes halogenated alkanes) is 1. The number of thioether (sulfide) groups is 1. The molecule has 17 heavy (non-hydrogen) atoms. The van der Waals surface area contributed by atoms with Crippen LogP contribution < -0.4 is 0 Å². The Balaban J connectivity index is 1.80. The lowest BCUT2D eigenvalue weighted by Gasteiger charge is -2.37. The number of hydrogen-bond donors (Lipinski definition) is 1. The molecule has 0 aromatic rings. The number of amides is 1. The molecule has 2 saturated heterocycles. The maximum atomic E-state index is 12.2. The van der Waals surface area contributed by atoms with E-state index in [0.29, 0.717) is 23.7 Å². The summed E-state index contributed by atoms with van der Waals surface area (Å²) in [5, 5.41) is 9.69. The number of piperidine rings is 1. The Morgan fingerprint density at radius 2 is 2.00 bits per heavy atom. The molecule has 4 heteroatoms. The monoisotopic (exact) mass is 257 g/mol. The molecule has 0 spiro atoms. The molecule has 0 radical (unpaired) electrons. The van der Waals surface area contributed by atoms with Gasteiger partial charge in [-0.3, -0.25) is 4.79 Å². The molecule has 3 nitrogen and oxygen atoms in total. The van der Waals surface area contributed by atoms with Gasteiger partial charge in [0, 0.05) is 12.1 Å². The summed E-state index contributed by atoms with van der Waals surface area (Å²) in [6, 6.07) is 0.644. The number of nitrogens with zero attached hydrogens (tertiary/aromatic N) is 1. The first kappa shape index (κ1) is 13.2. The Morgan fingerprint density at radius 3 is 2.59 bits per heavy atom. The Hall–Kier alpha value is -0.220. The fourth-order valence-electron chi connectivity index (χ4n) is 3.04. The second-order valence-corrected chi connectivity index (χ2v) is 6.32. The van der Waals surface area contributed by atoms with E-state index >= 15 is 0 Å².